The first-order valence-corrected chi connectivity index (χ1v) is 14.1. The van der Waals surface area contributed by atoms with Crippen molar-refractivity contribution in [1.29, 1.82) is 0 Å². The summed E-state index contributed by atoms with van der Waals surface area (Å²) >= 11 is 0. The normalized spacial score (nSPS) is 19.3. The van der Waals surface area contributed by atoms with E-state index in [0.717, 1.165) is 6.42 Å². The van der Waals surface area contributed by atoms with Crippen LogP contribution in [0.4, 0.5) is 20.7 Å². The Labute approximate surface area is 219 Å². The van der Waals surface area contributed by atoms with Crippen molar-refractivity contribution in [2.24, 2.45) is 0 Å². The lowest BCUT2D eigenvalue weighted by Crippen LogP contribution is -2.49. The van der Waals surface area contributed by atoms with Crippen LogP contribution >= 0.6 is 0 Å². The Kier molecular flexibility index (Phi) is 7.33. The van der Waals surface area contributed by atoms with Gasteiger partial charge >= 0.3 is 0 Å². The molecule has 0 spiro atoms. The first-order valence-electron chi connectivity index (χ1n) is 12.3. The molecule has 0 unspecified atom stereocenters. The van der Waals surface area contributed by atoms with E-state index >= 15 is 0 Å². The molecule has 0 saturated carbocycles. The Hall–Kier alpha value is -3.17. The summed E-state index contributed by atoms with van der Waals surface area (Å²) in [5, 5.41) is 0. The minimum absolute atomic E-state index is 0.00910. The van der Waals surface area contributed by atoms with Crippen molar-refractivity contribution in [3.05, 3.63) is 24.0 Å². The monoisotopic (exact) mass is 552 g/mol. The molecule has 12 nitrogen and oxygen atoms in total. The molecule has 4 heterocycles. The van der Waals surface area contributed by atoms with Crippen LogP contribution in [0, 0.1) is 0 Å². The largest absolute Gasteiger partial charge is 0.494 e. The van der Waals surface area contributed by atoms with Crippen molar-refractivity contribution < 1.29 is 26.7 Å². The zero-order chi connectivity index (χ0) is 27.0. The molecule has 0 aliphatic carbocycles. The van der Waals surface area contributed by atoms with Crippen LogP contribution in [-0.4, -0.2) is 103 Å². The SMILES string of the molecule is COc1cccc2c1nc(C(F)F)n2-c1nc(N2CCOCC2)nc(N(C)[C@H]2CCCN(S(C)(=O)=O)C2)n1. The average Bonchev–Trinajstić information content (AvgIpc) is 3.33. The van der Waals surface area contributed by atoms with E-state index in [1.54, 1.807) is 30.1 Å². The second-order valence-corrected chi connectivity index (χ2v) is 11.3. The Morgan fingerprint density at radius 3 is 2.53 bits per heavy atom. The van der Waals surface area contributed by atoms with Crippen molar-refractivity contribution in [3.8, 4) is 11.7 Å². The number of likely N-dealkylation sites (N-methyl/N-ethyl adjacent to an activating group) is 1. The number of piperidine rings is 1. The summed E-state index contributed by atoms with van der Waals surface area (Å²) in [6.07, 6.45) is -0.308. The highest BCUT2D eigenvalue weighted by molar-refractivity contribution is 7.88. The smallest absolute Gasteiger partial charge is 0.296 e. The van der Waals surface area contributed by atoms with E-state index in [4.69, 9.17) is 9.47 Å². The van der Waals surface area contributed by atoms with Gasteiger partial charge in [0, 0.05) is 39.3 Å². The Bertz CT molecular complexity index is 1410. The van der Waals surface area contributed by atoms with Gasteiger partial charge in [-0.2, -0.15) is 15.0 Å². The van der Waals surface area contributed by atoms with E-state index in [0.29, 0.717) is 56.5 Å². The molecule has 1 aromatic carbocycles. The molecule has 2 aromatic heterocycles. The van der Waals surface area contributed by atoms with Gasteiger partial charge in [-0.3, -0.25) is 4.57 Å². The van der Waals surface area contributed by atoms with Gasteiger partial charge in [-0.1, -0.05) is 6.07 Å². The van der Waals surface area contributed by atoms with Crippen molar-refractivity contribution >= 4 is 33.0 Å². The lowest BCUT2D eigenvalue weighted by atomic mass is 10.1. The number of nitrogens with zero attached hydrogens (tertiary/aromatic N) is 8. The van der Waals surface area contributed by atoms with Crippen LogP contribution in [0.3, 0.4) is 0 Å². The second-order valence-electron chi connectivity index (χ2n) is 9.30. The predicted octanol–water partition coefficient (Wildman–Crippen LogP) is 1.85. The molecule has 1 atom stereocenters. The lowest BCUT2D eigenvalue weighted by molar-refractivity contribution is 0.122. The fourth-order valence-corrected chi connectivity index (χ4v) is 5.72. The number of halogens is 2. The van der Waals surface area contributed by atoms with Gasteiger partial charge in [0.2, 0.25) is 27.9 Å². The number of rotatable bonds is 7. The fraction of sp³-hybridized carbons (Fsp3) is 0.565. The molecule has 2 fully saturated rings. The van der Waals surface area contributed by atoms with Crippen LogP contribution in [0.1, 0.15) is 25.1 Å². The number of fused-ring (bicyclic) bond motifs is 1. The van der Waals surface area contributed by atoms with Gasteiger partial charge in [0.15, 0.2) is 5.82 Å². The molecular weight excluding hydrogens is 522 g/mol. The summed E-state index contributed by atoms with van der Waals surface area (Å²) < 4.78 is 66.4. The predicted molar refractivity (Wildman–Crippen MR) is 137 cm³/mol. The molecule has 38 heavy (non-hydrogen) atoms. The fourth-order valence-electron chi connectivity index (χ4n) is 4.82. The van der Waals surface area contributed by atoms with Crippen molar-refractivity contribution in [3.63, 3.8) is 0 Å². The van der Waals surface area contributed by atoms with Crippen LogP contribution in [0.2, 0.25) is 0 Å². The molecule has 0 amide bonds. The number of imidazole rings is 1. The van der Waals surface area contributed by atoms with Gasteiger partial charge in [0.05, 0.1) is 32.1 Å². The minimum Gasteiger partial charge on any atom is -0.494 e. The number of hydrogen-bond acceptors (Lipinski definition) is 10. The highest BCUT2D eigenvalue weighted by Gasteiger charge is 2.31. The first-order chi connectivity index (χ1) is 18.2. The topological polar surface area (TPSA) is 119 Å². The third-order valence-corrected chi connectivity index (χ3v) is 8.14. The Morgan fingerprint density at radius 1 is 1.11 bits per heavy atom. The summed E-state index contributed by atoms with van der Waals surface area (Å²) in [5.74, 6) is 0.400. The number of aromatic nitrogens is 5. The third kappa shape index (κ3) is 5.09. The number of hydrogen-bond donors (Lipinski definition) is 0. The first kappa shape index (κ1) is 26.4. The van der Waals surface area contributed by atoms with E-state index < -0.39 is 22.3 Å². The van der Waals surface area contributed by atoms with Crippen molar-refractivity contribution in [2.45, 2.75) is 25.3 Å². The lowest BCUT2D eigenvalue weighted by Gasteiger charge is -2.36. The van der Waals surface area contributed by atoms with Crippen molar-refractivity contribution in [1.82, 2.24) is 28.8 Å². The third-order valence-electron chi connectivity index (χ3n) is 6.87. The van der Waals surface area contributed by atoms with Crippen molar-refractivity contribution in [2.75, 3.05) is 69.6 Å². The van der Waals surface area contributed by atoms with Gasteiger partial charge in [0.25, 0.3) is 6.43 Å². The molecule has 206 valence electrons. The Morgan fingerprint density at radius 2 is 1.84 bits per heavy atom. The number of benzene rings is 1. The van der Waals surface area contributed by atoms with E-state index in [9.17, 15) is 17.2 Å². The summed E-state index contributed by atoms with van der Waals surface area (Å²) in [5.41, 5.74) is 0.637. The minimum atomic E-state index is -3.37. The zero-order valence-electron chi connectivity index (χ0n) is 21.4. The summed E-state index contributed by atoms with van der Waals surface area (Å²) in [6.45, 7) is 2.73. The zero-order valence-corrected chi connectivity index (χ0v) is 22.2. The molecule has 15 heteroatoms. The molecule has 5 rings (SSSR count). The Balaban J connectivity index is 1.64. The maximum absolute atomic E-state index is 14.3. The van der Waals surface area contributed by atoms with Gasteiger partial charge < -0.3 is 19.3 Å². The van der Waals surface area contributed by atoms with Gasteiger partial charge in [-0.05, 0) is 25.0 Å². The van der Waals surface area contributed by atoms with E-state index in [1.807, 2.05) is 4.90 Å². The van der Waals surface area contributed by atoms with Crippen LogP contribution in [0.25, 0.3) is 17.0 Å². The maximum atomic E-state index is 14.3. The number of anilines is 2. The van der Waals surface area contributed by atoms with Crippen LogP contribution in [0.15, 0.2) is 18.2 Å². The summed E-state index contributed by atoms with van der Waals surface area (Å²) in [4.78, 5) is 21.8. The number of para-hydroxylation sites is 1. The number of methoxy groups -OCH3 is 1. The number of ether oxygens (including phenoxy) is 2. The summed E-state index contributed by atoms with van der Waals surface area (Å²) in [6, 6.07) is 4.79. The molecule has 0 N–H and O–H groups in total. The molecule has 0 radical (unpaired) electrons. The van der Waals surface area contributed by atoms with Gasteiger partial charge in [0.1, 0.15) is 11.3 Å². The molecule has 2 saturated heterocycles. The van der Waals surface area contributed by atoms with Gasteiger partial charge in [-0.25, -0.2) is 26.5 Å². The van der Waals surface area contributed by atoms with E-state index in [2.05, 4.69) is 19.9 Å². The van der Waals surface area contributed by atoms with Gasteiger partial charge in [-0.15, -0.1) is 0 Å². The quantitative estimate of drug-likeness (QED) is 0.430. The second kappa shape index (κ2) is 10.5. The number of alkyl halides is 2. The highest BCUT2D eigenvalue weighted by atomic mass is 32.2. The molecule has 0 bridgehead atoms. The maximum Gasteiger partial charge on any atom is 0.296 e. The average molecular weight is 553 g/mol. The van der Waals surface area contributed by atoms with Crippen LogP contribution in [0.5, 0.6) is 5.75 Å². The molecule has 2 aliphatic heterocycles. The molecule has 3 aromatic rings. The number of morpholine rings is 1. The highest BCUT2D eigenvalue weighted by Crippen LogP contribution is 2.32. The van der Waals surface area contributed by atoms with E-state index in [1.165, 1.54) is 22.2 Å². The molecular formula is C23H30F2N8O4S. The van der Waals surface area contributed by atoms with E-state index in [-0.39, 0.29) is 30.0 Å². The standard InChI is InChI=1S/C23H30F2N8O4S/c1-30(15-6-5-9-32(14-15)38(3,34)35)21-27-22(31-10-12-37-13-11-31)29-23(28-21)33-16-7-4-8-17(36-2)18(16)26-20(33)19(24)25/h4,7-8,15,19H,5-6,9-14H2,1-3H3/t15-/m0/s1. The van der Waals surface area contributed by atoms with Crippen LogP contribution in [-0.2, 0) is 14.8 Å². The summed E-state index contributed by atoms with van der Waals surface area (Å²) in [7, 11) is -0.136. The number of sulfonamides is 1. The molecule has 2 aliphatic rings. The van der Waals surface area contributed by atoms with Crippen LogP contribution < -0.4 is 14.5 Å².